The number of aromatic nitrogens is 2. The van der Waals surface area contributed by atoms with E-state index in [1.807, 2.05) is 18.3 Å². The summed E-state index contributed by atoms with van der Waals surface area (Å²) < 4.78 is 0. The number of nitrogens with zero attached hydrogens (tertiary/aromatic N) is 2. The van der Waals surface area contributed by atoms with E-state index < -0.39 is 0 Å². The van der Waals surface area contributed by atoms with Crippen LogP contribution in [0.3, 0.4) is 0 Å². The van der Waals surface area contributed by atoms with Crippen LogP contribution in [0.25, 0.3) is 11.3 Å². The van der Waals surface area contributed by atoms with Gasteiger partial charge in [0.25, 0.3) is 0 Å². The Hall–Kier alpha value is -1.26. The van der Waals surface area contributed by atoms with E-state index in [1.165, 1.54) is 4.88 Å². The first-order valence-electron chi connectivity index (χ1n) is 4.88. The van der Waals surface area contributed by atoms with Crippen LogP contribution >= 0.6 is 11.3 Å². The van der Waals surface area contributed by atoms with Crippen LogP contribution in [0, 0.1) is 6.92 Å². The summed E-state index contributed by atoms with van der Waals surface area (Å²) in [4.78, 5) is 9.89. The van der Waals surface area contributed by atoms with Crippen molar-refractivity contribution in [1.29, 1.82) is 0 Å². The van der Waals surface area contributed by atoms with Gasteiger partial charge in [-0.15, -0.1) is 11.3 Å². The summed E-state index contributed by atoms with van der Waals surface area (Å²) in [5.41, 5.74) is 7.63. The van der Waals surface area contributed by atoms with E-state index in [0.29, 0.717) is 6.54 Å². The normalized spacial score (nSPS) is 10.5. The fourth-order valence-corrected chi connectivity index (χ4v) is 2.42. The molecule has 2 heterocycles. The van der Waals surface area contributed by atoms with Crippen LogP contribution in [0.5, 0.6) is 0 Å². The van der Waals surface area contributed by atoms with E-state index in [9.17, 15) is 0 Å². The van der Waals surface area contributed by atoms with Gasteiger partial charge in [-0.1, -0.05) is 0 Å². The molecule has 0 spiro atoms. The molecule has 0 aliphatic rings. The minimum absolute atomic E-state index is 0.652. The first kappa shape index (κ1) is 10.3. The summed E-state index contributed by atoms with van der Waals surface area (Å²) in [5, 5.41) is 1.11. The topological polar surface area (TPSA) is 51.8 Å². The van der Waals surface area contributed by atoms with Crippen LogP contribution in [0.1, 0.15) is 9.88 Å². The molecule has 0 aromatic carbocycles. The molecule has 15 heavy (non-hydrogen) atoms. The smallest absolute Gasteiger partial charge is 0.0947 e. The zero-order valence-corrected chi connectivity index (χ0v) is 9.42. The number of thiazole rings is 1. The molecule has 2 aromatic heterocycles. The Morgan fingerprint density at radius 3 is 3.00 bits per heavy atom. The van der Waals surface area contributed by atoms with Gasteiger partial charge in [-0.2, -0.15) is 0 Å². The maximum absolute atomic E-state index is 5.51. The van der Waals surface area contributed by atoms with Crippen molar-refractivity contribution < 1.29 is 0 Å². The first-order chi connectivity index (χ1) is 7.31. The molecule has 2 rings (SSSR count). The van der Waals surface area contributed by atoms with Gasteiger partial charge in [0.15, 0.2) is 0 Å². The quantitative estimate of drug-likeness (QED) is 0.859. The number of pyridine rings is 1. The molecule has 0 unspecified atom stereocenters. The zero-order valence-electron chi connectivity index (χ0n) is 8.60. The molecule has 2 N–H and O–H groups in total. The van der Waals surface area contributed by atoms with Crippen molar-refractivity contribution in [3.05, 3.63) is 34.4 Å². The van der Waals surface area contributed by atoms with E-state index in [-0.39, 0.29) is 0 Å². The fraction of sp³-hybridized carbons (Fsp3) is 0.273. The van der Waals surface area contributed by atoms with E-state index >= 15 is 0 Å². The lowest BCUT2D eigenvalue weighted by Gasteiger charge is -1.95. The summed E-state index contributed by atoms with van der Waals surface area (Å²) >= 11 is 1.71. The molecule has 0 fully saturated rings. The average Bonchev–Trinajstić information content (AvgIpc) is 2.61. The van der Waals surface area contributed by atoms with Gasteiger partial charge >= 0.3 is 0 Å². The average molecular weight is 219 g/mol. The molecule has 0 atom stereocenters. The van der Waals surface area contributed by atoms with Gasteiger partial charge in [0.1, 0.15) is 0 Å². The summed E-state index contributed by atoms with van der Waals surface area (Å²) in [5.74, 6) is 0. The lowest BCUT2D eigenvalue weighted by Crippen LogP contribution is -2.01. The highest BCUT2D eigenvalue weighted by Gasteiger charge is 2.08. The third-order valence-corrected chi connectivity index (χ3v) is 3.16. The maximum Gasteiger partial charge on any atom is 0.0947 e. The van der Waals surface area contributed by atoms with E-state index in [2.05, 4.69) is 16.9 Å². The summed E-state index contributed by atoms with van der Waals surface area (Å²) in [6, 6.07) is 3.96. The van der Waals surface area contributed by atoms with Gasteiger partial charge in [0.2, 0.25) is 0 Å². The third-order valence-electron chi connectivity index (χ3n) is 2.13. The number of rotatable bonds is 3. The van der Waals surface area contributed by atoms with Crippen molar-refractivity contribution in [2.24, 2.45) is 5.73 Å². The Morgan fingerprint density at radius 1 is 1.47 bits per heavy atom. The van der Waals surface area contributed by atoms with Crippen LogP contribution in [-0.2, 0) is 6.42 Å². The van der Waals surface area contributed by atoms with E-state index in [1.54, 1.807) is 17.5 Å². The Kier molecular flexibility index (Phi) is 3.08. The van der Waals surface area contributed by atoms with Gasteiger partial charge in [-0.05, 0) is 25.6 Å². The van der Waals surface area contributed by atoms with Gasteiger partial charge in [0, 0.05) is 29.3 Å². The number of aryl methyl sites for hydroxylation is 1. The second-order valence-electron chi connectivity index (χ2n) is 3.29. The minimum atomic E-state index is 0.652. The van der Waals surface area contributed by atoms with Crippen LogP contribution in [0.4, 0.5) is 0 Å². The van der Waals surface area contributed by atoms with Crippen molar-refractivity contribution in [3.63, 3.8) is 0 Å². The van der Waals surface area contributed by atoms with Crippen LogP contribution in [-0.4, -0.2) is 16.5 Å². The molecule has 0 aliphatic heterocycles. The third kappa shape index (κ3) is 2.22. The number of hydrogen-bond donors (Lipinski definition) is 1. The minimum Gasteiger partial charge on any atom is -0.330 e. The van der Waals surface area contributed by atoms with Gasteiger partial charge in [-0.3, -0.25) is 4.98 Å². The molecular weight excluding hydrogens is 206 g/mol. The van der Waals surface area contributed by atoms with Crippen LogP contribution in [0.2, 0.25) is 0 Å². The molecule has 0 aliphatic carbocycles. The summed E-state index contributed by atoms with van der Waals surface area (Å²) in [6.45, 7) is 2.74. The Morgan fingerprint density at radius 2 is 2.33 bits per heavy atom. The SMILES string of the molecule is Cc1sc(CCN)nc1-c1cccnc1. The molecule has 0 saturated heterocycles. The highest BCUT2D eigenvalue weighted by molar-refractivity contribution is 7.12. The summed E-state index contributed by atoms with van der Waals surface area (Å²) in [6.07, 6.45) is 4.46. The molecule has 0 radical (unpaired) electrons. The first-order valence-corrected chi connectivity index (χ1v) is 5.69. The van der Waals surface area contributed by atoms with Crippen molar-refractivity contribution in [2.45, 2.75) is 13.3 Å². The molecule has 0 saturated carbocycles. The van der Waals surface area contributed by atoms with Gasteiger partial charge in [-0.25, -0.2) is 4.98 Å². The number of hydrogen-bond acceptors (Lipinski definition) is 4. The lowest BCUT2D eigenvalue weighted by molar-refractivity contribution is 0.954. The van der Waals surface area contributed by atoms with Gasteiger partial charge < -0.3 is 5.73 Å². The largest absolute Gasteiger partial charge is 0.330 e. The summed E-state index contributed by atoms with van der Waals surface area (Å²) in [7, 11) is 0. The predicted octanol–water partition coefficient (Wildman–Crippen LogP) is 2.01. The second-order valence-corrected chi connectivity index (χ2v) is 4.58. The van der Waals surface area contributed by atoms with Crippen LogP contribution in [0.15, 0.2) is 24.5 Å². The Balaban J connectivity index is 2.36. The molecule has 3 nitrogen and oxygen atoms in total. The maximum atomic E-state index is 5.51. The molecule has 4 heteroatoms. The molecule has 0 bridgehead atoms. The van der Waals surface area contributed by atoms with Crippen molar-refractivity contribution in [2.75, 3.05) is 6.54 Å². The number of nitrogens with two attached hydrogens (primary N) is 1. The molecule has 78 valence electrons. The Bertz CT molecular complexity index is 436. The predicted molar refractivity (Wildman–Crippen MR) is 62.8 cm³/mol. The molecule has 0 amide bonds. The standard InChI is InChI=1S/C11H13N3S/c1-8-11(9-3-2-6-13-7-9)14-10(15-8)4-5-12/h2-3,6-7H,4-5,12H2,1H3. The highest BCUT2D eigenvalue weighted by Crippen LogP contribution is 2.26. The highest BCUT2D eigenvalue weighted by atomic mass is 32.1. The Labute approximate surface area is 93.0 Å². The van der Waals surface area contributed by atoms with Crippen molar-refractivity contribution in [3.8, 4) is 11.3 Å². The van der Waals surface area contributed by atoms with E-state index in [4.69, 9.17) is 5.73 Å². The van der Waals surface area contributed by atoms with Crippen molar-refractivity contribution in [1.82, 2.24) is 9.97 Å². The molecule has 2 aromatic rings. The molecular formula is C11H13N3S. The monoisotopic (exact) mass is 219 g/mol. The lowest BCUT2D eigenvalue weighted by atomic mass is 10.2. The van der Waals surface area contributed by atoms with Crippen molar-refractivity contribution >= 4 is 11.3 Å². The van der Waals surface area contributed by atoms with Gasteiger partial charge in [0.05, 0.1) is 10.7 Å². The second kappa shape index (κ2) is 4.51. The zero-order chi connectivity index (χ0) is 10.7. The van der Waals surface area contributed by atoms with E-state index in [0.717, 1.165) is 22.7 Å². The fourth-order valence-electron chi connectivity index (χ4n) is 1.45. The van der Waals surface area contributed by atoms with Crippen LogP contribution < -0.4 is 5.73 Å².